The van der Waals surface area contributed by atoms with Crippen LogP contribution in [0.25, 0.3) is 11.0 Å². The largest absolute Gasteiger partial charge is 0.378 e. The fourth-order valence-electron chi connectivity index (χ4n) is 3.44. The Kier molecular flexibility index (Phi) is 5.88. The van der Waals surface area contributed by atoms with E-state index in [1.165, 1.54) is 11.6 Å². The van der Waals surface area contributed by atoms with Gasteiger partial charge in [-0.2, -0.15) is 0 Å². The average molecular weight is 381 g/mol. The number of pyridine rings is 1. The monoisotopic (exact) mass is 380 g/mol. The van der Waals surface area contributed by atoms with E-state index in [-0.39, 0.29) is 0 Å². The summed E-state index contributed by atoms with van der Waals surface area (Å²) in [7, 11) is -1.07. The molecule has 0 spiro atoms. The highest BCUT2D eigenvalue weighted by Gasteiger charge is 2.25. The zero-order chi connectivity index (χ0) is 18.0. The predicted molar refractivity (Wildman–Crippen MR) is 106 cm³/mol. The Hall–Kier alpha value is -0.883. The van der Waals surface area contributed by atoms with Gasteiger partial charge < -0.3 is 14.0 Å². The van der Waals surface area contributed by atoms with E-state index in [0.29, 0.717) is 18.8 Å². The van der Waals surface area contributed by atoms with Crippen LogP contribution in [0, 0.1) is 0 Å². The maximum absolute atomic E-state index is 6.53. The van der Waals surface area contributed by atoms with Gasteiger partial charge >= 0.3 is 0 Å². The second kappa shape index (κ2) is 7.78. The first-order valence-corrected chi connectivity index (χ1v) is 13.3. The van der Waals surface area contributed by atoms with Crippen molar-refractivity contribution in [3.05, 3.63) is 29.0 Å². The molecule has 4 nitrogen and oxygen atoms in total. The Morgan fingerprint density at radius 3 is 2.92 bits per heavy atom. The van der Waals surface area contributed by atoms with E-state index >= 15 is 0 Å². The predicted octanol–water partition coefficient (Wildman–Crippen LogP) is 5.28. The first kappa shape index (κ1) is 18.9. The van der Waals surface area contributed by atoms with Gasteiger partial charge in [0.05, 0.1) is 11.1 Å². The first-order chi connectivity index (χ1) is 11.8. The summed E-state index contributed by atoms with van der Waals surface area (Å²) in [4.78, 5) is 4.58. The summed E-state index contributed by atoms with van der Waals surface area (Å²) in [6, 6.07) is 3.05. The Morgan fingerprint density at radius 1 is 1.40 bits per heavy atom. The molecule has 1 aliphatic heterocycles. The molecule has 0 bridgehead atoms. The molecule has 0 N–H and O–H groups in total. The van der Waals surface area contributed by atoms with Crippen molar-refractivity contribution in [2.75, 3.05) is 13.2 Å². The number of halogens is 1. The lowest BCUT2D eigenvalue weighted by Gasteiger charge is -2.27. The highest BCUT2D eigenvalue weighted by atomic mass is 35.5. The molecule has 0 saturated carbocycles. The van der Waals surface area contributed by atoms with Crippen LogP contribution < -0.4 is 0 Å². The molecule has 0 aliphatic carbocycles. The van der Waals surface area contributed by atoms with Crippen LogP contribution >= 0.6 is 11.6 Å². The molecule has 6 heteroatoms. The van der Waals surface area contributed by atoms with Crippen LogP contribution in [-0.4, -0.2) is 36.9 Å². The summed E-state index contributed by atoms with van der Waals surface area (Å²) in [5.41, 5.74) is 2.21. The van der Waals surface area contributed by atoms with Gasteiger partial charge in [-0.1, -0.05) is 31.2 Å². The minimum absolute atomic E-state index is 0.292. The quantitative estimate of drug-likeness (QED) is 0.505. The van der Waals surface area contributed by atoms with Crippen molar-refractivity contribution in [2.45, 2.75) is 64.2 Å². The van der Waals surface area contributed by atoms with Gasteiger partial charge in [0.25, 0.3) is 0 Å². The van der Waals surface area contributed by atoms with Gasteiger partial charge in [-0.15, -0.1) is 0 Å². The topological polar surface area (TPSA) is 36.3 Å². The van der Waals surface area contributed by atoms with Gasteiger partial charge in [0.2, 0.25) is 0 Å². The lowest BCUT2D eigenvalue weighted by Crippen LogP contribution is -2.22. The Labute approximate surface area is 156 Å². The molecule has 2 aromatic heterocycles. The zero-order valence-electron chi connectivity index (χ0n) is 15.7. The second-order valence-electron chi connectivity index (χ2n) is 8.30. The van der Waals surface area contributed by atoms with Gasteiger partial charge in [-0.3, -0.25) is 0 Å². The molecular formula is C19H29ClN2O2Si. The van der Waals surface area contributed by atoms with Crippen LogP contribution in [0.4, 0.5) is 0 Å². The number of fused-ring (bicyclic) bond motifs is 1. The summed E-state index contributed by atoms with van der Waals surface area (Å²) in [6.45, 7) is 11.4. The number of nitrogens with zero attached hydrogens (tertiary/aromatic N) is 2. The minimum Gasteiger partial charge on any atom is -0.378 e. The summed E-state index contributed by atoms with van der Waals surface area (Å²) in [6.07, 6.45) is 6.33. The van der Waals surface area contributed by atoms with E-state index in [1.807, 2.05) is 6.07 Å². The van der Waals surface area contributed by atoms with Crippen molar-refractivity contribution in [3.8, 4) is 0 Å². The molecule has 2 unspecified atom stereocenters. The number of ether oxygens (including phenoxy) is 2. The average Bonchev–Trinajstić information content (AvgIpc) is 2.91. The molecule has 2 aromatic rings. The third-order valence-electron chi connectivity index (χ3n) is 4.89. The number of rotatable bonds is 6. The van der Waals surface area contributed by atoms with Gasteiger partial charge in [0.15, 0.2) is 0 Å². The van der Waals surface area contributed by atoms with Crippen molar-refractivity contribution >= 4 is 30.7 Å². The molecule has 1 saturated heterocycles. The van der Waals surface area contributed by atoms with E-state index in [0.717, 1.165) is 42.1 Å². The Morgan fingerprint density at radius 2 is 2.20 bits per heavy atom. The van der Waals surface area contributed by atoms with E-state index in [9.17, 15) is 0 Å². The molecule has 1 aliphatic rings. The molecular weight excluding hydrogens is 352 g/mol. The number of hydrogen-bond donors (Lipinski definition) is 0. The number of aromatic nitrogens is 2. The van der Waals surface area contributed by atoms with Crippen molar-refractivity contribution in [1.29, 1.82) is 0 Å². The van der Waals surface area contributed by atoms with E-state index in [2.05, 4.69) is 42.3 Å². The minimum atomic E-state index is -1.07. The SMILES string of the molecule is CC1CC(c2cn(COCC[Si](C)(C)C)c3nccc(Cl)c23)CCO1. The molecule has 0 radical (unpaired) electrons. The van der Waals surface area contributed by atoms with E-state index < -0.39 is 8.07 Å². The van der Waals surface area contributed by atoms with Gasteiger partial charge in [-0.25, -0.2) is 4.98 Å². The molecule has 138 valence electrons. The Bertz CT molecular complexity index is 726. The van der Waals surface area contributed by atoms with Crippen LogP contribution in [0.1, 0.15) is 31.2 Å². The van der Waals surface area contributed by atoms with Crippen LogP contribution in [-0.2, 0) is 16.2 Å². The fraction of sp³-hybridized carbons (Fsp3) is 0.632. The molecule has 0 amide bonds. The molecule has 3 rings (SSSR count). The normalized spacial score (nSPS) is 21.8. The Balaban J connectivity index is 1.83. The van der Waals surface area contributed by atoms with Crippen LogP contribution in [0.2, 0.25) is 30.7 Å². The lowest BCUT2D eigenvalue weighted by molar-refractivity contribution is 0.0187. The van der Waals surface area contributed by atoms with E-state index in [4.69, 9.17) is 21.1 Å². The smallest absolute Gasteiger partial charge is 0.143 e. The number of hydrogen-bond acceptors (Lipinski definition) is 3. The van der Waals surface area contributed by atoms with Crippen LogP contribution in [0.5, 0.6) is 0 Å². The van der Waals surface area contributed by atoms with Crippen molar-refractivity contribution in [2.24, 2.45) is 0 Å². The molecule has 2 atom stereocenters. The van der Waals surface area contributed by atoms with Crippen molar-refractivity contribution in [3.63, 3.8) is 0 Å². The van der Waals surface area contributed by atoms with Crippen LogP contribution in [0.3, 0.4) is 0 Å². The van der Waals surface area contributed by atoms with Crippen molar-refractivity contribution < 1.29 is 9.47 Å². The molecule has 3 heterocycles. The standard InChI is InChI=1S/C19H29ClN2O2Si/c1-14-11-15(6-8-24-14)16-12-22(13-23-9-10-25(2,3)4)19-18(16)17(20)5-7-21-19/h5,7,12,14-15H,6,8-11,13H2,1-4H3. The highest BCUT2D eigenvalue weighted by Crippen LogP contribution is 2.38. The molecule has 1 fully saturated rings. The maximum Gasteiger partial charge on any atom is 0.143 e. The van der Waals surface area contributed by atoms with Gasteiger partial charge in [-0.05, 0) is 43.4 Å². The third kappa shape index (κ3) is 4.64. The van der Waals surface area contributed by atoms with E-state index in [1.54, 1.807) is 6.20 Å². The molecule has 25 heavy (non-hydrogen) atoms. The second-order valence-corrected chi connectivity index (χ2v) is 14.3. The summed E-state index contributed by atoms with van der Waals surface area (Å²) < 4.78 is 13.8. The van der Waals surface area contributed by atoms with Gasteiger partial charge in [0.1, 0.15) is 12.4 Å². The zero-order valence-corrected chi connectivity index (χ0v) is 17.5. The van der Waals surface area contributed by atoms with Crippen LogP contribution in [0.15, 0.2) is 18.5 Å². The fourth-order valence-corrected chi connectivity index (χ4v) is 4.44. The highest BCUT2D eigenvalue weighted by molar-refractivity contribution is 6.76. The van der Waals surface area contributed by atoms with Crippen molar-refractivity contribution in [1.82, 2.24) is 9.55 Å². The maximum atomic E-state index is 6.53. The molecule has 0 aromatic carbocycles. The summed E-state index contributed by atoms with van der Waals surface area (Å²) in [5.74, 6) is 0.469. The first-order valence-electron chi connectivity index (χ1n) is 9.18. The summed E-state index contributed by atoms with van der Waals surface area (Å²) in [5, 5.41) is 1.86. The lowest BCUT2D eigenvalue weighted by atomic mass is 9.89. The van der Waals surface area contributed by atoms with Gasteiger partial charge in [0, 0.05) is 39.1 Å². The third-order valence-corrected chi connectivity index (χ3v) is 6.91. The summed E-state index contributed by atoms with van der Waals surface area (Å²) >= 11 is 6.53.